The number of aromatic nitrogens is 1. The standard InChI is InChI=1S/C13H12F2N2O4S/c1-20-10-5-9(15)12(6-11(10)21-2)22(18,19)17-13-4-3-8(14)7-16-13/h3-7H,1-2H3,(H,16,17). The third kappa shape index (κ3) is 3.25. The molecule has 0 radical (unpaired) electrons. The van der Waals surface area contributed by atoms with E-state index in [9.17, 15) is 17.2 Å². The lowest BCUT2D eigenvalue weighted by Gasteiger charge is -2.12. The summed E-state index contributed by atoms with van der Waals surface area (Å²) in [5, 5.41) is 0. The van der Waals surface area contributed by atoms with Crippen LogP contribution in [0.2, 0.25) is 0 Å². The topological polar surface area (TPSA) is 77.5 Å². The van der Waals surface area contributed by atoms with Gasteiger partial charge in [0.2, 0.25) is 0 Å². The van der Waals surface area contributed by atoms with E-state index in [1.54, 1.807) is 0 Å². The second kappa shape index (κ2) is 6.14. The van der Waals surface area contributed by atoms with Gasteiger partial charge in [0, 0.05) is 12.1 Å². The first-order chi connectivity index (χ1) is 10.4. The number of hydrogen-bond acceptors (Lipinski definition) is 5. The van der Waals surface area contributed by atoms with Gasteiger partial charge in [0.25, 0.3) is 10.0 Å². The van der Waals surface area contributed by atoms with Crippen LogP contribution in [0.1, 0.15) is 0 Å². The molecule has 0 fully saturated rings. The number of hydrogen-bond donors (Lipinski definition) is 1. The van der Waals surface area contributed by atoms with Crippen LogP contribution in [0.3, 0.4) is 0 Å². The third-order valence-electron chi connectivity index (χ3n) is 2.69. The molecule has 0 amide bonds. The Kier molecular flexibility index (Phi) is 4.45. The van der Waals surface area contributed by atoms with Gasteiger partial charge in [-0.25, -0.2) is 22.2 Å². The van der Waals surface area contributed by atoms with Crippen LogP contribution in [-0.2, 0) is 10.0 Å². The maximum absolute atomic E-state index is 14.0. The molecule has 0 aliphatic rings. The summed E-state index contributed by atoms with van der Waals surface area (Å²) >= 11 is 0. The highest BCUT2D eigenvalue weighted by molar-refractivity contribution is 7.92. The van der Waals surface area contributed by atoms with E-state index in [0.29, 0.717) is 0 Å². The lowest BCUT2D eigenvalue weighted by molar-refractivity contribution is 0.350. The third-order valence-corrected chi connectivity index (χ3v) is 4.06. The Labute approximate surface area is 125 Å². The van der Waals surface area contributed by atoms with Crippen LogP contribution in [0, 0.1) is 11.6 Å². The summed E-state index contributed by atoms with van der Waals surface area (Å²) in [5.41, 5.74) is 0. The number of nitrogens with one attached hydrogen (secondary N) is 1. The van der Waals surface area contributed by atoms with Crippen molar-refractivity contribution in [2.75, 3.05) is 18.9 Å². The number of nitrogens with zero attached hydrogens (tertiary/aromatic N) is 1. The van der Waals surface area contributed by atoms with Gasteiger partial charge in [0.05, 0.1) is 20.4 Å². The van der Waals surface area contributed by atoms with E-state index in [2.05, 4.69) is 4.98 Å². The summed E-state index contributed by atoms with van der Waals surface area (Å²) in [5.74, 6) is -1.68. The minimum Gasteiger partial charge on any atom is -0.493 e. The molecule has 0 aliphatic heterocycles. The van der Waals surface area contributed by atoms with Crippen LogP contribution in [0.5, 0.6) is 11.5 Å². The van der Waals surface area contributed by atoms with E-state index in [1.807, 2.05) is 4.72 Å². The zero-order chi connectivity index (χ0) is 16.3. The van der Waals surface area contributed by atoms with Gasteiger partial charge in [-0.3, -0.25) is 4.72 Å². The molecule has 1 N–H and O–H groups in total. The summed E-state index contributed by atoms with van der Waals surface area (Å²) in [6.07, 6.45) is 0.836. The molecule has 6 nitrogen and oxygen atoms in total. The highest BCUT2D eigenvalue weighted by Gasteiger charge is 2.23. The lowest BCUT2D eigenvalue weighted by atomic mass is 10.3. The number of pyridine rings is 1. The summed E-state index contributed by atoms with van der Waals surface area (Å²) < 4.78 is 63.0. The predicted octanol–water partition coefficient (Wildman–Crippen LogP) is 2.18. The number of benzene rings is 1. The molecular formula is C13H12F2N2O4S. The molecule has 0 saturated carbocycles. The maximum Gasteiger partial charge on any atom is 0.266 e. The largest absolute Gasteiger partial charge is 0.493 e. The second-order valence-electron chi connectivity index (χ2n) is 4.10. The molecule has 0 saturated heterocycles. The molecule has 0 unspecified atom stereocenters. The Morgan fingerprint density at radius 1 is 1.09 bits per heavy atom. The molecule has 22 heavy (non-hydrogen) atoms. The van der Waals surface area contributed by atoms with E-state index < -0.39 is 26.6 Å². The second-order valence-corrected chi connectivity index (χ2v) is 5.76. The zero-order valence-corrected chi connectivity index (χ0v) is 12.4. The normalized spacial score (nSPS) is 11.1. The summed E-state index contributed by atoms with van der Waals surface area (Å²) in [7, 11) is -1.67. The minimum absolute atomic E-state index is 0.0522. The van der Waals surface area contributed by atoms with Crippen molar-refractivity contribution in [1.29, 1.82) is 0 Å². The minimum atomic E-state index is -4.26. The van der Waals surface area contributed by atoms with Crippen molar-refractivity contribution in [1.82, 2.24) is 4.98 Å². The van der Waals surface area contributed by atoms with Gasteiger partial charge in [0.15, 0.2) is 11.5 Å². The van der Waals surface area contributed by atoms with Crippen molar-refractivity contribution >= 4 is 15.8 Å². The quantitative estimate of drug-likeness (QED) is 0.909. The summed E-state index contributed by atoms with van der Waals surface area (Å²) in [6.45, 7) is 0. The highest BCUT2D eigenvalue weighted by atomic mass is 32.2. The Bertz CT molecular complexity index is 779. The molecule has 1 heterocycles. The molecule has 1 aromatic heterocycles. The number of methoxy groups -OCH3 is 2. The molecule has 118 valence electrons. The van der Waals surface area contributed by atoms with E-state index in [4.69, 9.17) is 9.47 Å². The van der Waals surface area contributed by atoms with Crippen LogP contribution >= 0.6 is 0 Å². The van der Waals surface area contributed by atoms with Crippen LogP contribution in [0.15, 0.2) is 35.4 Å². The Balaban J connectivity index is 2.42. The molecule has 0 bridgehead atoms. The van der Waals surface area contributed by atoms with Crippen LogP contribution < -0.4 is 14.2 Å². The van der Waals surface area contributed by atoms with Gasteiger partial charge < -0.3 is 9.47 Å². The fourth-order valence-corrected chi connectivity index (χ4v) is 2.75. The SMILES string of the molecule is COc1cc(F)c(S(=O)(=O)Nc2ccc(F)cn2)cc1OC. The monoisotopic (exact) mass is 330 g/mol. The molecular weight excluding hydrogens is 318 g/mol. The number of anilines is 1. The van der Waals surface area contributed by atoms with Crippen molar-refractivity contribution in [3.63, 3.8) is 0 Å². The molecule has 0 aliphatic carbocycles. The number of rotatable bonds is 5. The summed E-state index contributed by atoms with van der Waals surface area (Å²) in [6, 6.07) is 4.02. The predicted molar refractivity (Wildman–Crippen MR) is 74.5 cm³/mol. The molecule has 0 spiro atoms. The highest BCUT2D eigenvalue weighted by Crippen LogP contribution is 2.32. The van der Waals surface area contributed by atoms with Crippen LogP contribution in [0.25, 0.3) is 0 Å². The molecule has 0 atom stereocenters. The van der Waals surface area contributed by atoms with Crippen LogP contribution in [-0.4, -0.2) is 27.6 Å². The maximum atomic E-state index is 14.0. The van der Waals surface area contributed by atoms with Crippen molar-refractivity contribution in [3.8, 4) is 11.5 Å². The Hall–Kier alpha value is -2.42. The van der Waals surface area contributed by atoms with Gasteiger partial charge >= 0.3 is 0 Å². The number of halogens is 2. The average Bonchev–Trinajstić information content (AvgIpc) is 2.48. The molecule has 2 aromatic rings. The van der Waals surface area contributed by atoms with Gasteiger partial charge in [-0.05, 0) is 12.1 Å². The number of ether oxygens (including phenoxy) is 2. The van der Waals surface area contributed by atoms with E-state index in [0.717, 1.165) is 30.5 Å². The van der Waals surface area contributed by atoms with Crippen LogP contribution in [0.4, 0.5) is 14.6 Å². The average molecular weight is 330 g/mol. The van der Waals surface area contributed by atoms with Crippen molar-refractivity contribution in [2.45, 2.75) is 4.90 Å². The van der Waals surface area contributed by atoms with Crippen molar-refractivity contribution in [2.24, 2.45) is 0 Å². The Morgan fingerprint density at radius 3 is 2.27 bits per heavy atom. The first-order valence-electron chi connectivity index (χ1n) is 5.93. The smallest absolute Gasteiger partial charge is 0.266 e. The first kappa shape index (κ1) is 16.0. The van der Waals surface area contributed by atoms with Crippen molar-refractivity contribution in [3.05, 3.63) is 42.1 Å². The van der Waals surface area contributed by atoms with E-state index in [1.165, 1.54) is 14.2 Å². The van der Waals surface area contributed by atoms with Gasteiger partial charge in [-0.15, -0.1) is 0 Å². The fourth-order valence-electron chi connectivity index (χ4n) is 1.67. The summed E-state index contributed by atoms with van der Waals surface area (Å²) in [4.78, 5) is 2.91. The van der Waals surface area contributed by atoms with E-state index >= 15 is 0 Å². The van der Waals surface area contributed by atoms with Gasteiger partial charge in [0.1, 0.15) is 22.3 Å². The molecule has 2 rings (SSSR count). The van der Waals surface area contributed by atoms with E-state index in [-0.39, 0.29) is 17.3 Å². The Morgan fingerprint density at radius 2 is 1.73 bits per heavy atom. The van der Waals surface area contributed by atoms with Gasteiger partial charge in [-0.2, -0.15) is 0 Å². The number of sulfonamides is 1. The zero-order valence-electron chi connectivity index (χ0n) is 11.6. The lowest BCUT2D eigenvalue weighted by Crippen LogP contribution is -2.16. The van der Waals surface area contributed by atoms with Crippen molar-refractivity contribution < 1.29 is 26.7 Å². The molecule has 9 heteroatoms. The molecule has 1 aromatic carbocycles. The first-order valence-corrected chi connectivity index (χ1v) is 7.41. The fraction of sp³-hybridized carbons (Fsp3) is 0.154. The van der Waals surface area contributed by atoms with Gasteiger partial charge in [-0.1, -0.05) is 0 Å².